The second-order valence-corrected chi connectivity index (χ2v) is 3.74. The molecule has 0 spiro atoms. The Morgan fingerprint density at radius 3 is 2.84 bits per heavy atom. The quantitative estimate of drug-likeness (QED) is 0.671. The van der Waals surface area contributed by atoms with Crippen LogP contribution in [0.5, 0.6) is 11.6 Å². The Hall–Kier alpha value is -2.70. The summed E-state index contributed by atoms with van der Waals surface area (Å²) in [4.78, 5) is 18.5. The van der Waals surface area contributed by atoms with Crippen LogP contribution in [0.4, 0.5) is 11.5 Å². The number of pyridine rings is 2. The molecule has 2 aromatic rings. The van der Waals surface area contributed by atoms with E-state index in [-0.39, 0.29) is 11.6 Å². The predicted octanol–water partition coefficient (Wildman–Crippen LogP) is 2.53. The maximum absolute atomic E-state index is 10.8. The van der Waals surface area contributed by atoms with Crippen molar-refractivity contribution in [3.8, 4) is 11.6 Å². The zero-order valence-corrected chi connectivity index (χ0v) is 10.5. The molecule has 2 rings (SSSR count). The molecule has 7 heteroatoms. The van der Waals surface area contributed by atoms with Gasteiger partial charge in [0.05, 0.1) is 22.7 Å². The van der Waals surface area contributed by atoms with Gasteiger partial charge in [0.15, 0.2) is 5.75 Å². The van der Waals surface area contributed by atoms with Gasteiger partial charge in [-0.15, -0.1) is 0 Å². The molecular weight excluding hydrogens is 248 g/mol. The van der Waals surface area contributed by atoms with E-state index in [0.717, 1.165) is 0 Å². The van der Waals surface area contributed by atoms with E-state index in [2.05, 4.69) is 15.3 Å². The lowest BCUT2D eigenvalue weighted by Crippen LogP contribution is -1.99. The van der Waals surface area contributed by atoms with Crippen LogP contribution in [0.25, 0.3) is 0 Å². The smallest absolute Gasteiger partial charge is 0.278 e. The van der Waals surface area contributed by atoms with Crippen LogP contribution in [0, 0.1) is 17.0 Å². The number of rotatable bonds is 4. The molecule has 0 aromatic carbocycles. The van der Waals surface area contributed by atoms with Crippen LogP contribution in [0.15, 0.2) is 30.5 Å². The molecule has 0 atom stereocenters. The first-order valence-corrected chi connectivity index (χ1v) is 5.54. The van der Waals surface area contributed by atoms with Gasteiger partial charge in [-0.2, -0.15) is 4.98 Å². The number of nitrogens with zero attached hydrogens (tertiary/aromatic N) is 3. The largest absolute Gasteiger partial charge is 0.437 e. The zero-order chi connectivity index (χ0) is 13.8. The highest BCUT2D eigenvalue weighted by Gasteiger charge is 2.12. The van der Waals surface area contributed by atoms with Gasteiger partial charge in [-0.1, -0.05) is 0 Å². The molecule has 0 radical (unpaired) electrons. The summed E-state index contributed by atoms with van der Waals surface area (Å²) in [6, 6.07) is 6.05. The topological polar surface area (TPSA) is 90.2 Å². The Morgan fingerprint density at radius 1 is 1.42 bits per heavy atom. The lowest BCUT2D eigenvalue weighted by Gasteiger charge is -2.08. The lowest BCUT2D eigenvalue weighted by atomic mass is 10.3. The summed E-state index contributed by atoms with van der Waals surface area (Å²) in [6.07, 6.45) is 1.64. The monoisotopic (exact) mass is 260 g/mol. The van der Waals surface area contributed by atoms with E-state index >= 15 is 0 Å². The molecule has 1 N–H and O–H groups in total. The third-order valence-electron chi connectivity index (χ3n) is 2.43. The first-order chi connectivity index (χ1) is 9.10. The molecule has 2 aromatic heterocycles. The molecule has 0 aliphatic rings. The Kier molecular flexibility index (Phi) is 3.56. The van der Waals surface area contributed by atoms with Crippen LogP contribution in [0.2, 0.25) is 0 Å². The van der Waals surface area contributed by atoms with E-state index in [4.69, 9.17) is 4.74 Å². The van der Waals surface area contributed by atoms with Gasteiger partial charge in [-0.3, -0.25) is 15.1 Å². The van der Waals surface area contributed by atoms with Crippen LogP contribution >= 0.6 is 0 Å². The number of nitrogens with one attached hydrogen (secondary N) is 1. The van der Waals surface area contributed by atoms with E-state index in [9.17, 15) is 10.1 Å². The minimum Gasteiger partial charge on any atom is -0.437 e. The number of aryl methyl sites for hydroxylation is 1. The molecule has 19 heavy (non-hydrogen) atoms. The van der Waals surface area contributed by atoms with Crippen LogP contribution < -0.4 is 10.1 Å². The van der Waals surface area contributed by atoms with Crippen molar-refractivity contribution in [2.75, 3.05) is 12.4 Å². The number of anilines is 1. The third-order valence-corrected chi connectivity index (χ3v) is 2.43. The molecule has 0 aliphatic carbocycles. The minimum atomic E-state index is -0.495. The van der Waals surface area contributed by atoms with E-state index < -0.39 is 4.92 Å². The molecule has 0 aliphatic heterocycles. The van der Waals surface area contributed by atoms with Gasteiger partial charge in [-0.05, 0) is 19.1 Å². The van der Waals surface area contributed by atoms with Crippen molar-refractivity contribution >= 4 is 11.5 Å². The van der Waals surface area contributed by atoms with Gasteiger partial charge in [0.2, 0.25) is 5.88 Å². The van der Waals surface area contributed by atoms with E-state index in [1.165, 1.54) is 12.1 Å². The fourth-order valence-electron chi connectivity index (χ4n) is 1.47. The molecule has 0 saturated heterocycles. The molecule has 0 saturated carbocycles. The van der Waals surface area contributed by atoms with Gasteiger partial charge in [0, 0.05) is 13.2 Å². The summed E-state index contributed by atoms with van der Waals surface area (Å²) >= 11 is 0. The first kappa shape index (κ1) is 12.7. The van der Waals surface area contributed by atoms with Gasteiger partial charge < -0.3 is 10.1 Å². The Balaban J connectivity index is 2.37. The second kappa shape index (κ2) is 5.30. The molecule has 2 heterocycles. The molecule has 0 bridgehead atoms. The second-order valence-electron chi connectivity index (χ2n) is 3.74. The van der Waals surface area contributed by atoms with E-state index in [1.807, 2.05) is 0 Å². The summed E-state index contributed by atoms with van der Waals surface area (Å²) in [6.45, 7) is 1.78. The number of aromatic nitrogens is 2. The summed E-state index contributed by atoms with van der Waals surface area (Å²) < 4.78 is 5.52. The maximum Gasteiger partial charge on any atom is 0.278 e. The fraction of sp³-hybridized carbons (Fsp3) is 0.167. The van der Waals surface area contributed by atoms with Crippen LogP contribution in [-0.4, -0.2) is 21.9 Å². The summed E-state index contributed by atoms with van der Waals surface area (Å²) in [7, 11) is 1.63. The minimum absolute atomic E-state index is 0.0871. The Labute approximate surface area is 109 Å². The van der Waals surface area contributed by atoms with Crippen molar-refractivity contribution in [2.45, 2.75) is 6.92 Å². The lowest BCUT2D eigenvalue weighted by molar-refractivity contribution is -0.384. The zero-order valence-electron chi connectivity index (χ0n) is 10.5. The number of hydrogen-bond acceptors (Lipinski definition) is 6. The SMILES string of the molecule is CNc1cc([N+](=O)[O-])cc(Oc2cccnc2C)n1. The average molecular weight is 260 g/mol. The highest BCUT2D eigenvalue weighted by Crippen LogP contribution is 2.27. The van der Waals surface area contributed by atoms with Crippen LogP contribution in [-0.2, 0) is 0 Å². The molecule has 98 valence electrons. The molecule has 0 amide bonds. The fourth-order valence-corrected chi connectivity index (χ4v) is 1.47. The highest BCUT2D eigenvalue weighted by molar-refractivity contribution is 5.48. The van der Waals surface area contributed by atoms with Crippen LogP contribution in [0.3, 0.4) is 0 Å². The van der Waals surface area contributed by atoms with E-state index in [0.29, 0.717) is 17.3 Å². The number of nitro groups is 1. The average Bonchev–Trinajstić information content (AvgIpc) is 2.41. The highest BCUT2D eigenvalue weighted by atomic mass is 16.6. The van der Waals surface area contributed by atoms with Crippen LogP contribution in [0.1, 0.15) is 5.69 Å². The molecule has 0 fully saturated rings. The summed E-state index contributed by atoms with van der Waals surface area (Å²) in [5.41, 5.74) is 0.595. The Bertz CT molecular complexity index is 616. The third kappa shape index (κ3) is 2.95. The molecule has 0 unspecified atom stereocenters. The summed E-state index contributed by atoms with van der Waals surface area (Å²) in [5.74, 6) is 1.03. The number of ether oxygens (including phenoxy) is 1. The molecular formula is C12H12N4O3. The van der Waals surface area contributed by atoms with Crippen molar-refractivity contribution in [1.82, 2.24) is 9.97 Å². The van der Waals surface area contributed by atoms with Crippen molar-refractivity contribution in [2.24, 2.45) is 0 Å². The standard InChI is InChI=1S/C12H12N4O3/c1-8-10(4-3-5-14-8)19-12-7-9(16(17)18)6-11(13-2)15-12/h3-7H,1-2H3,(H,13,15). The van der Waals surface area contributed by atoms with Crippen molar-refractivity contribution in [3.05, 3.63) is 46.3 Å². The Morgan fingerprint density at radius 2 is 2.21 bits per heavy atom. The van der Waals surface area contributed by atoms with Crippen molar-refractivity contribution < 1.29 is 9.66 Å². The van der Waals surface area contributed by atoms with Gasteiger partial charge >= 0.3 is 0 Å². The predicted molar refractivity (Wildman–Crippen MR) is 69.5 cm³/mol. The van der Waals surface area contributed by atoms with Crippen molar-refractivity contribution in [3.63, 3.8) is 0 Å². The number of hydrogen-bond donors (Lipinski definition) is 1. The molecule has 7 nitrogen and oxygen atoms in total. The summed E-state index contributed by atoms with van der Waals surface area (Å²) in [5, 5.41) is 13.6. The van der Waals surface area contributed by atoms with Gasteiger partial charge in [-0.25, -0.2) is 0 Å². The van der Waals surface area contributed by atoms with Gasteiger partial charge in [0.25, 0.3) is 5.69 Å². The van der Waals surface area contributed by atoms with Gasteiger partial charge in [0.1, 0.15) is 5.82 Å². The maximum atomic E-state index is 10.8. The van der Waals surface area contributed by atoms with Crippen molar-refractivity contribution in [1.29, 1.82) is 0 Å². The normalized spacial score (nSPS) is 10.0. The van der Waals surface area contributed by atoms with E-state index in [1.54, 1.807) is 32.3 Å². The first-order valence-electron chi connectivity index (χ1n) is 5.54.